The number of ether oxygens (including phenoxy) is 2. The summed E-state index contributed by atoms with van der Waals surface area (Å²) in [4.78, 5) is 20.9. The fraction of sp³-hybridized carbons (Fsp3) is 0.381. The lowest BCUT2D eigenvalue weighted by molar-refractivity contribution is -0.131. The number of pyridine rings is 1. The molecule has 0 atom stereocenters. The highest BCUT2D eigenvalue weighted by Gasteiger charge is 2.23. The topological polar surface area (TPSA) is 78.7 Å². The molecule has 2 heterocycles. The van der Waals surface area contributed by atoms with Gasteiger partial charge in [-0.2, -0.15) is 5.26 Å². The third-order valence-corrected chi connectivity index (χ3v) is 4.93. The van der Waals surface area contributed by atoms with Gasteiger partial charge in [0.25, 0.3) is 0 Å². The van der Waals surface area contributed by atoms with Crippen LogP contribution in [0.3, 0.4) is 0 Å². The first kappa shape index (κ1) is 19.5. The van der Waals surface area contributed by atoms with Crippen molar-refractivity contribution in [2.45, 2.75) is 12.8 Å². The highest BCUT2D eigenvalue weighted by Crippen LogP contribution is 2.25. The summed E-state index contributed by atoms with van der Waals surface area (Å²) in [6.45, 7) is 2.57. The first-order chi connectivity index (χ1) is 13.7. The van der Waals surface area contributed by atoms with Gasteiger partial charge in [0, 0.05) is 38.8 Å². The van der Waals surface area contributed by atoms with Crippen LogP contribution in [0.15, 0.2) is 36.5 Å². The van der Waals surface area contributed by atoms with Crippen LogP contribution in [0.5, 0.6) is 11.5 Å². The molecule has 28 heavy (non-hydrogen) atoms. The van der Waals surface area contributed by atoms with Crippen molar-refractivity contribution in [1.82, 2.24) is 9.88 Å². The largest absolute Gasteiger partial charge is 0.497 e. The molecular weight excluding hydrogens is 356 g/mol. The summed E-state index contributed by atoms with van der Waals surface area (Å²) in [5.41, 5.74) is 1.52. The summed E-state index contributed by atoms with van der Waals surface area (Å²) in [5, 5.41) is 9.25. The quantitative estimate of drug-likeness (QED) is 0.765. The van der Waals surface area contributed by atoms with Crippen LogP contribution in [0, 0.1) is 11.3 Å². The number of methoxy groups -OCH3 is 2. The summed E-state index contributed by atoms with van der Waals surface area (Å²) >= 11 is 0. The minimum absolute atomic E-state index is 0.117. The second kappa shape index (κ2) is 9.09. The molecule has 2 aromatic rings. The van der Waals surface area contributed by atoms with Crippen LogP contribution in [0.1, 0.15) is 17.5 Å². The molecule has 7 nitrogen and oxygen atoms in total. The molecule has 0 N–H and O–H groups in total. The van der Waals surface area contributed by atoms with Crippen molar-refractivity contribution in [3.8, 4) is 17.6 Å². The Morgan fingerprint density at radius 2 is 1.96 bits per heavy atom. The number of nitriles is 1. The maximum atomic E-state index is 12.7. The molecule has 146 valence electrons. The number of hydrogen-bond acceptors (Lipinski definition) is 6. The monoisotopic (exact) mass is 380 g/mol. The number of carbonyl (C=O) groups excluding carboxylic acids is 1. The molecule has 0 unspecified atom stereocenters. The molecule has 7 heteroatoms. The fourth-order valence-corrected chi connectivity index (χ4v) is 3.38. The SMILES string of the molecule is COc1ccc(OC)c(CCC(=O)N2CCN(c3ncccc3C#N)CC2)c1. The lowest BCUT2D eigenvalue weighted by Crippen LogP contribution is -2.49. The third-order valence-electron chi connectivity index (χ3n) is 4.93. The smallest absolute Gasteiger partial charge is 0.223 e. The Morgan fingerprint density at radius 1 is 1.18 bits per heavy atom. The number of nitrogens with zero attached hydrogens (tertiary/aromatic N) is 4. The predicted octanol–water partition coefficient (Wildman–Crippen LogP) is 2.25. The van der Waals surface area contributed by atoms with Crippen molar-refractivity contribution in [2.75, 3.05) is 45.3 Å². The Balaban J connectivity index is 1.57. The maximum Gasteiger partial charge on any atom is 0.223 e. The van der Waals surface area contributed by atoms with Crippen molar-refractivity contribution in [3.63, 3.8) is 0 Å². The highest BCUT2D eigenvalue weighted by molar-refractivity contribution is 5.77. The van der Waals surface area contributed by atoms with E-state index in [9.17, 15) is 10.1 Å². The van der Waals surface area contributed by atoms with E-state index in [-0.39, 0.29) is 5.91 Å². The van der Waals surface area contributed by atoms with E-state index in [2.05, 4.69) is 16.0 Å². The number of hydrogen-bond donors (Lipinski definition) is 0. The predicted molar refractivity (Wildman–Crippen MR) is 106 cm³/mol. The Morgan fingerprint density at radius 3 is 2.64 bits per heavy atom. The number of aromatic nitrogens is 1. The minimum Gasteiger partial charge on any atom is -0.497 e. The highest BCUT2D eigenvalue weighted by atomic mass is 16.5. The lowest BCUT2D eigenvalue weighted by Gasteiger charge is -2.35. The molecule has 1 aromatic heterocycles. The first-order valence-corrected chi connectivity index (χ1v) is 9.25. The van der Waals surface area contributed by atoms with Gasteiger partial charge in [-0.05, 0) is 42.3 Å². The van der Waals surface area contributed by atoms with Gasteiger partial charge in [-0.1, -0.05) is 0 Å². The molecule has 0 radical (unpaired) electrons. The van der Waals surface area contributed by atoms with E-state index < -0.39 is 0 Å². The van der Waals surface area contributed by atoms with Crippen LogP contribution in [-0.2, 0) is 11.2 Å². The van der Waals surface area contributed by atoms with E-state index in [0.29, 0.717) is 50.4 Å². The van der Waals surface area contributed by atoms with Gasteiger partial charge < -0.3 is 19.3 Å². The first-order valence-electron chi connectivity index (χ1n) is 9.25. The zero-order chi connectivity index (χ0) is 19.9. The third kappa shape index (κ3) is 4.34. The average Bonchev–Trinajstić information content (AvgIpc) is 2.77. The van der Waals surface area contributed by atoms with Gasteiger partial charge in [0.15, 0.2) is 0 Å². The van der Waals surface area contributed by atoms with Gasteiger partial charge in [-0.25, -0.2) is 4.98 Å². The lowest BCUT2D eigenvalue weighted by atomic mass is 10.1. The van der Waals surface area contributed by atoms with Gasteiger partial charge >= 0.3 is 0 Å². The molecule has 1 saturated heterocycles. The van der Waals surface area contributed by atoms with E-state index >= 15 is 0 Å². The van der Waals surface area contributed by atoms with Crippen LogP contribution >= 0.6 is 0 Å². The Kier molecular flexibility index (Phi) is 6.33. The number of benzene rings is 1. The van der Waals surface area contributed by atoms with E-state index in [1.165, 1.54) is 0 Å². The van der Waals surface area contributed by atoms with Crippen LogP contribution in [0.25, 0.3) is 0 Å². The second-order valence-electron chi connectivity index (χ2n) is 6.53. The van der Waals surface area contributed by atoms with Crippen LogP contribution < -0.4 is 14.4 Å². The molecule has 1 fully saturated rings. The average molecular weight is 380 g/mol. The van der Waals surface area contributed by atoms with Crippen molar-refractivity contribution in [3.05, 3.63) is 47.7 Å². The Labute approximate surface area is 165 Å². The molecule has 1 aliphatic heterocycles. The number of anilines is 1. The van der Waals surface area contributed by atoms with Gasteiger partial charge in [-0.15, -0.1) is 0 Å². The summed E-state index contributed by atoms with van der Waals surface area (Å²) in [6, 6.07) is 11.3. The zero-order valence-electron chi connectivity index (χ0n) is 16.2. The maximum absolute atomic E-state index is 12.7. The van der Waals surface area contributed by atoms with Crippen LogP contribution in [0.2, 0.25) is 0 Å². The molecule has 1 amide bonds. The molecule has 0 bridgehead atoms. The molecule has 0 saturated carbocycles. The molecule has 1 aliphatic rings. The van der Waals surface area contributed by atoms with Gasteiger partial charge in [0.1, 0.15) is 23.4 Å². The zero-order valence-corrected chi connectivity index (χ0v) is 16.2. The Hall–Kier alpha value is -3.27. The van der Waals surface area contributed by atoms with Crippen LogP contribution in [0.4, 0.5) is 5.82 Å². The summed E-state index contributed by atoms with van der Waals surface area (Å²) in [7, 11) is 3.25. The van der Waals surface area contributed by atoms with Crippen molar-refractivity contribution < 1.29 is 14.3 Å². The summed E-state index contributed by atoms with van der Waals surface area (Å²) in [5.74, 6) is 2.32. The van der Waals surface area contributed by atoms with Gasteiger partial charge in [0.05, 0.1) is 19.8 Å². The molecule has 0 aliphatic carbocycles. The van der Waals surface area contributed by atoms with E-state index in [1.807, 2.05) is 23.1 Å². The number of amides is 1. The number of aryl methyl sites for hydroxylation is 1. The number of piperazine rings is 1. The molecule has 0 spiro atoms. The van der Waals surface area contributed by atoms with E-state index in [4.69, 9.17) is 9.47 Å². The normalized spacial score (nSPS) is 13.8. The van der Waals surface area contributed by atoms with E-state index in [0.717, 1.165) is 17.1 Å². The van der Waals surface area contributed by atoms with Crippen molar-refractivity contribution >= 4 is 11.7 Å². The van der Waals surface area contributed by atoms with Crippen LogP contribution in [-0.4, -0.2) is 56.2 Å². The summed E-state index contributed by atoms with van der Waals surface area (Å²) < 4.78 is 10.7. The van der Waals surface area contributed by atoms with Gasteiger partial charge in [-0.3, -0.25) is 4.79 Å². The van der Waals surface area contributed by atoms with Crippen molar-refractivity contribution in [2.24, 2.45) is 0 Å². The Bertz CT molecular complexity index is 870. The summed E-state index contributed by atoms with van der Waals surface area (Å²) in [6.07, 6.45) is 2.70. The standard InChI is InChI=1S/C21H24N4O3/c1-27-18-6-7-19(28-2)16(14-18)5-8-20(26)24-10-12-25(13-11-24)21-17(15-22)4-3-9-23-21/h3-4,6-7,9,14H,5,8,10-13H2,1-2H3. The molecule has 3 rings (SSSR count). The second-order valence-corrected chi connectivity index (χ2v) is 6.53. The van der Waals surface area contributed by atoms with Crippen molar-refractivity contribution in [1.29, 1.82) is 5.26 Å². The number of rotatable bonds is 6. The fourth-order valence-electron chi connectivity index (χ4n) is 3.38. The van der Waals surface area contributed by atoms with E-state index in [1.54, 1.807) is 32.5 Å². The molecule has 1 aromatic carbocycles. The minimum atomic E-state index is 0.117. The number of carbonyl (C=O) groups is 1. The van der Waals surface area contributed by atoms with Gasteiger partial charge in [0.2, 0.25) is 5.91 Å². The molecular formula is C21H24N4O3.